The van der Waals surface area contributed by atoms with Gasteiger partial charge in [0.25, 0.3) is 0 Å². The van der Waals surface area contributed by atoms with Crippen molar-refractivity contribution in [3.63, 3.8) is 0 Å². The number of para-hydroxylation sites is 2. The van der Waals surface area contributed by atoms with Crippen molar-refractivity contribution in [3.8, 4) is 0 Å². The van der Waals surface area contributed by atoms with Crippen LogP contribution in [0.2, 0.25) is 0 Å². The van der Waals surface area contributed by atoms with E-state index in [1.165, 1.54) is 0 Å². The summed E-state index contributed by atoms with van der Waals surface area (Å²) in [5.41, 5.74) is 0.994. The molecule has 1 aromatic carbocycles. The fourth-order valence-electron chi connectivity index (χ4n) is 3.37. The summed E-state index contributed by atoms with van der Waals surface area (Å²) in [6.07, 6.45) is 4.69. The van der Waals surface area contributed by atoms with Gasteiger partial charge in [-0.25, -0.2) is 0 Å². The van der Waals surface area contributed by atoms with E-state index in [0.717, 1.165) is 25.7 Å². The molecule has 0 atom stereocenters. The maximum Gasteiger partial charge on any atom is 0.230 e. The van der Waals surface area contributed by atoms with Crippen LogP contribution in [-0.4, -0.2) is 12.3 Å². The topological polar surface area (TPSA) is 58.2 Å². The summed E-state index contributed by atoms with van der Waals surface area (Å²) < 4.78 is 0. The average molecular weight is 302 g/mol. The second-order valence-electron chi connectivity index (χ2n) is 6.76. The SMILES string of the molecule is CC1CCC(C(=O)Nc2ccccc2NC=O)(C(C)C)CC1. The molecule has 2 N–H and O–H groups in total. The zero-order chi connectivity index (χ0) is 16.2. The minimum Gasteiger partial charge on any atom is -0.327 e. The lowest BCUT2D eigenvalue weighted by Gasteiger charge is -2.41. The minimum absolute atomic E-state index is 0.0783. The second kappa shape index (κ2) is 6.95. The Morgan fingerprint density at radius 2 is 1.82 bits per heavy atom. The zero-order valence-electron chi connectivity index (χ0n) is 13.7. The van der Waals surface area contributed by atoms with Crippen LogP contribution in [0.25, 0.3) is 0 Å². The quantitative estimate of drug-likeness (QED) is 0.806. The third kappa shape index (κ3) is 3.32. The van der Waals surface area contributed by atoms with Crippen molar-refractivity contribution in [2.45, 2.75) is 46.5 Å². The molecule has 0 spiro atoms. The van der Waals surface area contributed by atoms with Crippen molar-refractivity contribution in [2.24, 2.45) is 17.3 Å². The molecule has 0 aliphatic heterocycles. The van der Waals surface area contributed by atoms with E-state index in [4.69, 9.17) is 0 Å². The molecule has 4 heteroatoms. The van der Waals surface area contributed by atoms with E-state index >= 15 is 0 Å². The average Bonchev–Trinajstić information content (AvgIpc) is 2.50. The molecule has 0 aromatic heterocycles. The van der Waals surface area contributed by atoms with Gasteiger partial charge in [0.05, 0.1) is 16.8 Å². The van der Waals surface area contributed by atoms with Gasteiger partial charge in [-0.15, -0.1) is 0 Å². The summed E-state index contributed by atoms with van der Waals surface area (Å²) in [6.45, 7) is 6.52. The van der Waals surface area contributed by atoms with Gasteiger partial charge in [-0.2, -0.15) is 0 Å². The number of amides is 2. The third-order valence-electron chi connectivity index (χ3n) is 5.11. The Bertz CT molecular complexity index is 532. The number of anilines is 2. The number of carbonyl (C=O) groups excluding carboxylic acids is 2. The highest BCUT2D eigenvalue weighted by Gasteiger charge is 2.43. The first-order valence-corrected chi connectivity index (χ1v) is 8.10. The Morgan fingerprint density at radius 1 is 1.23 bits per heavy atom. The van der Waals surface area contributed by atoms with Crippen LogP contribution >= 0.6 is 0 Å². The molecule has 0 bridgehead atoms. The molecule has 0 saturated heterocycles. The fraction of sp³-hybridized carbons (Fsp3) is 0.556. The van der Waals surface area contributed by atoms with Crippen LogP contribution in [-0.2, 0) is 9.59 Å². The lowest BCUT2D eigenvalue weighted by molar-refractivity contribution is -0.131. The number of benzene rings is 1. The smallest absolute Gasteiger partial charge is 0.230 e. The van der Waals surface area contributed by atoms with Crippen LogP contribution < -0.4 is 10.6 Å². The lowest BCUT2D eigenvalue weighted by atomic mass is 9.64. The van der Waals surface area contributed by atoms with E-state index in [2.05, 4.69) is 31.4 Å². The molecule has 1 aliphatic carbocycles. The van der Waals surface area contributed by atoms with Gasteiger partial charge in [0, 0.05) is 0 Å². The third-order valence-corrected chi connectivity index (χ3v) is 5.11. The molecule has 2 rings (SSSR count). The molecular formula is C18H26N2O2. The van der Waals surface area contributed by atoms with Gasteiger partial charge in [-0.3, -0.25) is 9.59 Å². The van der Waals surface area contributed by atoms with E-state index in [9.17, 15) is 9.59 Å². The van der Waals surface area contributed by atoms with E-state index in [1.54, 1.807) is 6.07 Å². The predicted octanol–water partition coefficient (Wildman–Crippen LogP) is 4.05. The van der Waals surface area contributed by atoms with Crippen molar-refractivity contribution in [3.05, 3.63) is 24.3 Å². The van der Waals surface area contributed by atoms with Crippen LogP contribution in [0.3, 0.4) is 0 Å². The van der Waals surface area contributed by atoms with Gasteiger partial charge in [-0.1, -0.05) is 32.9 Å². The van der Waals surface area contributed by atoms with E-state index in [1.807, 2.05) is 18.2 Å². The summed E-state index contributed by atoms with van der Waals surface area (Å²) in [5, 5.41) is 5.68. The largest absolute Gasteiger partial charge is 0.327 e. The van der Waals surface area contributed by atoms with Gasteiger partial charge in [0.2, 0.25) is 12.3 Å². The van der Waals surface area contributed by atoms with Gasteiger partial charge in [0.1, 0.15) is 0 Å². The first kappa shape index (κ1) is 16.5. The van der Waals surface area contributed by atoms with Crippen LogP contribution in [0.15, 0.2) is 24.3 Å². The highest BCUT2D eigenvalue weighted by atomic mass is 16.2. The van der Waals surface area contributed by atoms with Crippen LogP contribution in [0.4, 0.5) is 11.4 Å². The first-order chi connectivity index (χ1) is 10.5. The molecule has 1 aromatic rings. The highest BCUT2D eigenvalue weighted by Crippen LogP contribution is 2.45. The van der Waals surface area contributed by atoms with E-state index in [0.29, 0.717) is 29.6 Å². The maximum absolute atomic E-state index is 13.0. The summed E-state index contributed by atoms with van der Waals surface area (Å²) in [6, 6.07) is 7.30. The molecule has 1 fully saturated rings. The van der Waals surface area contributed by atoms with Crippen LogP contribution in [0, 0.1) is 17.3 Å². The summed E-state index contributed by atoms with van der Waals surface area (Å²) in [7, 11) is 0. The number of nitrogens with one attached hydrogen (secondary N) is 2. The fourth-order valence-corrected chi connectivity index (χ4v) is 3.37. The molecule has 4 nitrogen and oxygen atoms in total. The number of hydrogen-bond donors (Lipinski definition) is 2. The molecule has 1 aliphatic rings. The number of carbonyl (C=O) groups is 2. The van der Waals surface area contributed by atoms with Crippen molar-refractivity contribution in [2.75, 3.05) is 10.6 Å². The molecular weight excluding hydrogens is 276 g/mol. The molecule has 0 radical (unpaired) electrons. The first-order valence-electron chi connectivity index (χ1n) is 8.10. The molecule has 2 amide bonds. The Hall–Kier alpha value is -1.84. The molecule has 1 saturated carbocycles. The highest BCUT2D eigenvalue weighted by molar-refractivity contribution is 5.99. The molecule has 120 valence electrons. The lowest BCUT2D eigenvalue weighted by Crippen LogP contribution is -2.43. The van der Waals surface area contributed by atoms with Crippen molar-refractivity contribution < 1.29 is 9.59 Å². The Kier molecular flexibility index (Phi) is 5.22. The monoisotopic (exact) mass is 302 g/mol. The summed E-state index contributed by atoms with van der Waals surface area (Å²) in [4.78, 5) is 23.7. The molecule has 0 unspecified atom stereocenters. The maximum atomic E-state index is 13.0. The Labute approximate surface area is 132 Å². The Balaban J connectivity index is 2.21. The van der Waals surface area contributed by atoms with Gasteiger partial charge in [-0.05, 0) is 49.7 Å². The number of hydrogen-bond acceptors (Lipinski definition) is 2. The normalized spacial score (nSPS) is 24.8. The minimum atomic E-state index is -0.305. The van der Waals surface area contributed by atoms with Crippen molar-refractivity contribution in [1.29, 1.82) is 0 Å². The summed E-state index contributed by atoms with van der Waals surface area (Å²) in [5.74, 6) is 1.07. The molecule has 0 heterocycles. The van der Waals surface area contributed by atoms with Gasteiger partial charge < -0.3 is 10.6 Å². The van der Waals surface area contributed by atoms with Gasteiger partial charge >= 0.3 is 0 Å². The van der Waals surface area contributed by atoms with Crippen molar-refractivity contribution in [1.82, 2.24) is 0 Å². The van der Waals surface area contributed by atoms with E-state index in [-0.39, 0.29) is 11.3 Å². The van der Waals surface area contributed by atoms with E-state index < -0.39 is 0 Å². The predicted molar refractivity (Wildman–Crippen MR) is 89.7 cm³/mol. The van der Waals surface area contributed by atoms with Crippen LogP contribution in [0.1, 0.15) is 46.5 Å². The standard InChI is InChI=1S/C18H26N2O2/c1-13(2)18(10-8-14(3)9-11-18)17(22)20-16-7-5-4-6-15(16)19-12-21/h4-7,12-14H,8-11H2,1-3H3,(H,19,21)(H,20,22). The van der Waals surface area contributed by atoms with Crippen molar-refractivity contribution >= 4 is 23.7 Å². The number of rotatable bonds is 5. The van der Waals surface area contributed by atoms with Crippen LogP contribution in [0.5, 0.6) is 0 Å². The molecule has 22 heavy (non-hydrogen) atoms. The summed E-state index contributed by atoms with van der Waals surface area (Å²) >= 11 is 0. The van der Waals surface area contributed by atoms with Gasteiger partial charge in [0.15, 0.2) is 0 Å². The Morgan fingerprint density at radius 3 is 2.36 bits per heavy atom. The zero-order valence-corrected chi connectivity index (χ0v) is 13.7. The second-order valence-corrected chi connectivity index (χ2v) is 6.76.